The normalized spacial score (nSPS) is 29.4. The first-order chi connectivity index (χ1) is 7.97. The quantitative estimate of drug-likeness (QED) is 0.767. The van der Waals surface area contributed by atoms with Crippen molar-refractivity contribution in [2.75, 3.05) is 5.33 Å². The fraction of sp³-hybridized carbons (Fsp3) is 0.929. The Morgan fingerprint density at radius 3 is 2.76 bits per heavy atom. The van der Waals surface area contributed by atoms with E-state index in [4.69, 9.17) is 0 Å². The van der Waals surface area contributed by atoms with Crippen LogP contribution in [0.15, 0.2) is 0 Å². The van der Waals surface area contributed by atoms with Crippen LogP contribution in [0.5, 0.6) is 0 Å². The summed E-state index contributed by atoms with van der Waals surface area (Å²) in [5, 5.41) is 4.17. The third-order valence-corrected chi connectivity index (χ3v) is 4.77. The van der Waals surface area contributed by atoms with Crippen molar-refractivity contribution in [1.82, 2.24) is 5.32 Å². The van der Waals surface area contributed by atoms with Gasteiger partial charge in [-0.05, 0) is 31.1 Å². The Morgan fingerprint density at radius 1 is 1.53 bits per heavy atom. The van der Waals surface area contributed by atoms with Gasteiger partial charge in [0.2, 0.25) is 5.91 Å². The van der Waals surface area contributed by atoms with Crippen LogP contribution in [0.25, 0.3) is 0 Å². The fourth-order valence-corrected chi connectivity index (χ4v) is 3.36. The zero-order chi connectivity index (χ0) is 12.9. The summed E-state index contributed by atoms with van der Waals surface area (Å²) in [5.41, 5.74) is 0.0196. The summed E-state index contributed by atoms with van der Waals surface area (Å²) in [4.78, 5) is 12.0. The highest BCUT2D eigenvalue weighted by molar-refractivity contribution is 9.09. The summed E-state index contributed by atoms with van der Waals surface area (Å²) in [5.74, 6) is 1.56. The monoisotopic (exact) mass is 303 g/mol. The first-order valence-electron chi connectivity index (χ1n) is 6.84. The maximum Gasteiger partial charge on any atom is 0.220 e. The highest BCUT2D eigenvalue weighted by Gasteiger charge is 2.35. The molecule has 0 aromatic carbocycles. The van der Waals surface area contributed by atoms with Gasteiger partial charge in [-0.1, -0.05) is 49.5 Å². The maximum atomic E-state index is 12.0. The van der Waals surface area contributed by atoms with Crippen molar-refractivity contribution < 1.29 is 4.79 Å². The Morgan fingerprint density at radius 2 is 2.24 bits per heavy atom. The van der Waals surface area contributed by atoms with Crippen molar-refractivity contribution in [2.24, 2.45) is 11.8 Å². The number of nitrogens with one attached hydrogen (secondary N) is 1. The van der Waals surface area contributed by atoms with Crippen LogP contribution in [-0.2, 0) is 4.79 Å². The number of amides is 1. The number of alkyl halides is 1. The van der Waals surface area contributed by atoms with Crippen LogP contribution < -0.4 is 5.32 Å². The smallest absolute Gasteiger partial charge is 0.220 e. The van der Waals surface area contributed by atoms with Crippen LogP contribution in [0.1, 0.15) is 59.3 Å². The summed E-state index contributed by atoms with van der Waals surface area (Å²) in [6.45, 7) is 6.61. The summed E-state index contributed by atoms with van der Waals surface area (Å²) in [7, 11) is 0. The molecule has 0 saturated heterocycles. The summed E-state index contributed by atoms with van der Waals surface area (Å²) >= 11 is 3.59. The predicted molar refractivity (Wildman–Crippen MR) is 76.4 cm³/mol. The molecular formula is C14H26BrNO. The Kier molecular flexibility index (Phi) is 5.98. The molecule has 1 aliphatic rings. The molecular weight excluding hydrogens is 278 g/mol. The van der Waals surface area contributed by atoms with Crippen molar-refractivity contribution >= 4 is 21.8 Å². The van der Waals surface area contributed by atoms with Crippen molar-refractivity contribution in [1.29, 1.82) is 0 Å². The fourth-order valence-electron chi connectivity index (χ4n) is 2.71. The van der Waals surface area contributed by atoms with Gasteiger partial charge in [0.15, 0.2) is 0 Å². The van der Waals surface area contributed by atoms with Crippen LogP contribution in [0.4, 0.5) is 0 Å². The van der Waals surface area contributed by atoms with Gasteiger partial charge in [0.05, 0.1) is 0 Å². The van der Waals surface area contributed by atoms with Crippen molar-refractivity contribution in [3.05, 3.63) is 0 Å². The van der Waals surface area contributed by atoms with Crippen molar-refractivity contribution in [3.63, 3.8) is 0 Å². The topological polar surface area (TPSA) is 29.1 Å². The summed E-state index contributed by atoms with van der Waals surface area (Å²) in [6, 6.07) is 0. The van der Waals surface area contributed by atoms with E-state index in [9.17, 15) is 4.79 Å². The number of hydrogen-bond acceptors (Lipinski definition) is 1. The van der Waals surface area contributed by atoms with E-state index >= 15 is 0 Å². The number of rotatable bonds is 5. The van der Waals surface area contributed by atoms with E-state index in [2.05, 4.69) is 42.0 Å². The van der Waals surface area contributed by atoms with Crippen LogP contribution in [0.2, 0.25) is 0 Å². The average molecular weight is 304 g/mol. The molecule has 17 heavy (non-hydrogen) atoms. The molecule has 0 heterocycles. The molecule has 2 unspecified atom stereocenters. The van der Waals surface area contributed by atoms with Crippen LogP contribution in [0.3, 0.4) is 0 Å². The third kappa shape index (κ3) is 4.99. The predicted octanol–water partition coefficient (Wildman–Crippen LogP) is 3.88. The van der Waals surface area contributed by atoms with Crippen molar-refractivity contribution in [3.8, 4) is 0 Å². The highest BCUT2D eigenvalue weighted by atomic mass is 79.9. The molecule has 2 atom stereocenters. The minimum atomic E-state index is 0.0196. The third-order valence-electron chi connectivity index (χ3n) is 3.70. The molecule has 0 spiro atoms. The van der Waals surface area contributed by atoms with Gasteiger partial charge in [-0.3, -0.25) is 4.79 Å². The van der Waals surface area contributed by atoms with E-state index in [1.807, 2.05) is 0 Å². The first kappa shape index (κ1) is 15.0. The molecule has 1 fully saturated rings. The van der Waals surface area contributed by atoms with Crippen LogP contribution >= 0.6 is 15.9 Å². The number of carbonyl (C=O) groups excluding carboxylic acids is 1. The lowest BCUT2D eigenvalue weighted by Gasteiger charge is -2.39. The van der Waals surface area contributed by atoms with E-state index in [1.54, 1.807) is 0 Å². The second kappa shape index (κ2) is 6.77. The Labute approximate surface area is 114 Å². The Hall–Kier alpha value is -0.0500. The molecule has 3 heteroatoms. The molecule has 2 nitrogen and oxygen atoms in total. The largest absolute Gasteiger partial charge is 0.350 e. The molecule has 1 rings (SSSR count). The molecule has 100 valence electrons. The molecule has 0 aliphatic heterocycles. The summed E-state index contributed by atoms with van der Waals surface area (Å²) in [6.07, 6.45) is 6.43. The lowest BCUT2D eigenvalue weighted by atomic mass is 9.77. The van der Waals surface area contributed by atoms with Crippen LogP contribution in [0, 0.1) is 11.8 Å². The second-order valence-electron chi connectivity index (χ2n) is 6.10. The number of halogens is 1. The average Bonchev–Trinajstić information content (AvgIpc) is 2.26. The zero-order valence-corrected chi connectivity index (χ0v) is 13.0. The molecule has 1 aliphatic carbocycles. The minimum Gasteiger partial charge on any atom is -0.350 e. The molecule has 0 aromatic rings. The van der Waals surface area contributed by atoms with E-state index in [1.165, 1.54) is 12.8 Å². The van der Waals surface area contributed by atoms with Gasteiger partial charge in [0.1, 0.15) is 0 Å². The Bertz CT molecular complexity index is 255. The van der Waals surface area contributed by atoms with Gasteiger partial charge in [-0.25, -0.2) is 0 Å². The van der Waals surface area contributed by atoms with Gasteiger partial charge in [-0.15, -0.1) is 0 Å². The lowest BCUT2D eigenvalue weighted by Crippen LogP contribution is -2.52. The first-order valence-corrected chi connectivity index (χ1v) is 7.96. The Balaban J connectivity index is 2.47. The summed E-state index contributed by atoms with van der Waals surface area (Å²) < 4.78 is 0. The van der Waals surface area contributed by atoms with E-state index < -0.39 is 0 Å². The van der Waals surface area contributed by atoms with Gasteiger partial charge < -0.3 is 5.32 Å². The number of hydrogen-bond donors (Lipinski definition) is 1. The van der Waals surface area contributed by atoms with E-state index in [0.717, 1.165) is 30.5 Å². The van der Waals surface area contributed by atoms with Gasteiger partial charge in [0, 0.05) is 17.3 Å². The lowest BCUT2D eigenvalue weighted by molar-refractivity contribution is -0.123. The maximum absolute atomic E-state index is 12.0. The van der Waals surface area contributed by atoms with Crippen molar-refractivity contribution in [2.45, 2.75) is 64.8 Å². The van der Waals surface area contributed by atoms with Gasteiger partial charge in [-0.2, -0.15) is 0 Å². The molecule has 1 N–H and O–H groups in total. The molecule has 0 aromatic heterocycles. The van der Waals surface area contributed by atoms with Gasteiger partial charge in [0.25, 0.3) is 0 Å². The second-order valence-corrected chi connectivity index (χ2v) is 6.66. The molecule has 1 saturated carbocycles. The van der Waals surface area contributed by atoms with Gasteiger partial charge >= 0.3 is 0 Å². The zero-order valence-electron chi connectivity index (χ0n) is 11.4. The van der Waals surface area contributed by atoms with Crippen LogP contribution in [-0.4, -0.2) is 16.8 Å². The number of carbonyl (C=O) groups is 1. The minimum absolute atomic E-state index is 0.0196. The highest BCUT2D eigenvalue weighted by Crippen LogP contribution is 2.33. The van der Waals surface area contributed by atoms with E-state index in [-0.39, 0.29) is 11.4 Å². The van der Waals surface area contributed by atoms with E-state index in [0.29, 0.717) is 12.3 Å². The molecule has 1 amide bonds. The SMILES string of the molecule is CC(C)CCC(=O)NC1(CBr)CCCC(C)C1. The standard InChI is InChI=1S/C14H26BrNO/c1-11(2)6-7-13(17)16-14(10-15)8-4-5-12(3)9-14/h11-12H,4-10H2,1-3H3,(H,16,17). The molecule has 0 bridgehead atoms. The molecule has 0 radical (unpaired) electrons.